The fraction of sp³-hybridized carbons (Fsp3) is 0.429. The summed E-state index contributed by atoms with van der Waals surface area (Å²) in [5, 5.41) is 2.55. The highest BCUT2D eigenvalue weighted by atomic mass is 19.4. The number of nitrogens with one attached hydrogen (secondary N) is 1. The number of benzene rings is 1. The highest BCUT2D eigenvalue weighted by molar-refractivity contribution is 5.68. The van der Waals surface area contributed by atoms with E-state index in [9.17, 15) is 22.8 Å². The second kappa shape index (κ2) is 8.31. The van der Waals surface area contributed by atoms with Gasteiger partial charge in [-0.25, -0.2) is 4.79 Å². The number of carbonyl (C=O) groups excluding carboxylic acids is 1. The zero-order valence-electron chi connectivity index (χ0n) is 17.1. The smallest absolute Gasteiger partial charge is 0.416 e. The monoisotopic (exact) mass is 410 g/mol. The van der Waals surface area contributed by atoms with Gasteiger partial charge in [-0.2, -0.15) is 13.2 Å². The van der Waals surface area contributed by atoms with Crippen molar-refractivity contribution >= 4 is 6.09 Å². The van der Waals surface area contributed by atoms with Crippen LogP contribution in [0.15, 0.2) is 41.3 Å². The Morgan fingerprint density at radius 2 is 1.69 bits per heavy atom. The van der Waals surface area contributed by atoms with E-state index in [1.807, 2.05) is 13.8 Å². The lowest BCUT2D eigenvalue weighted by atomic mass is 10.0. The van der Waals surface area contributed by atoms with Crippen molar-refractivity contribution in [3.63, 3.8) is 0 Å². The lowest BCUT2D eigenvalue weighted by molar-refractivity contribution is -0.137. The number of hydrogen-bond acceptors (Lipinski definition) is 3. The first-order valence-electron chi connectivity index (χ1n) is 9.17. The molecule has 1 heterocycles. The lowest BCUT2D eigenvalue weighted by Gasteiger charge is -2.20. The zero-order valence-corrected chi connectivity index (χ0v) is 17.1. The molecular weight excluding hydrogens is 385 g/mol. The van der Waals surface area contributed by atoms with Crippen molar-refractivity contribution in [3.8, 4) is 11.1 Å². The standard InChI is InChI=1S/C21H25F3N2O3/c1-13(2)26-12-16(14-6-8-17(9-7-14)21(22,23)24)10-15(18(26)27)11-25-19(28)29-20(3,4)5/h6-10,12-13H,11H2,1-5H3,(H,25,28). The van der Waals surface area contributed by atoms with Crippen molar-refractivity contribution in [1.82, 2.24) is 9.88 Å². The molecule has 2 rings (SSSR count). The first-order valence-corrected chi connectivity index (χ1v) is 9.17. The Bertz CT molecular complexity index is 924. The predicted octanol–water partition coefficient (Wildman–Crippen LogP) is 5.14. The van der Waals surface area contributed by atoms with Crippen molar-refractivity contribution in [1.29, 1.82) is 0 Å². The number of halogens is 3. The molecule has 0 unspecified atom stereocenters. The summed E-state index contributed by atoms with van der Waals surface area (Å²) < 4.78 is 45.1. The minimum Gasteiger partial charge on any atom is -0.444 e. The van der Waals surface area contributed by atoms with Gasteiger partial charge >= 0.3 is 12.3 Å². The summed E-state index contributed by atoms with van der Waals surface area (Å²) in [5.41, 5.74) is -0.289. The molecule has 1 aromatic carbocycles. The molecule has 0 aliphatic heterocycles. The molecule has 0 aliphatic carbocycles. The number of hydrogen-bond donors (Lipinski definition) is 1. The van der Waals surface area contributed by atoms with Gasteiger partial charge in [0.1, 0.15) is 5.60 Å². The molecular formula is C21H25F3N2O3. The number of amides is 1. The van der Waals surface area contributed by atoms with Gasteiger partial charge in [0.25, 0.3) is 5.56 Å². The van der Waals surface area contributed by atoms with Crippen molar-refractivity contribution in [2.45, 2.75) is 59.0 Å². The minimum absolute atomic E-state index is 0.0606. The van der Waals surface area contributed by atoms with Crippen LogP contribution in [-0.2, 0) is 17.5 Å². The summed E-state index contributed by atoms with van der Waals surface area (Å²) in [7, 11) is 0. The fourth-order valence-corrected chi connectivity index (χ4v) is 2.66. The molecule has 0 radical (unpaired) electrons. The van der Waals surface area contributed by atoms with Gasteiger partial charge in [-0.1, -0.05) is 12.1 Å². The number of pyridine rings is 1. The molecule has 0 atom stereocenters. The van der Waals surface area contributed by atoms with Crippen LogP contribution in [0.3, 0.4) is 0 Å². The SMILES string of the molecule is CC(C)n1cc(-c2ccc(C(F)(F)F)cc2)cc(CNC(=O)OC(C)(C)C)c1=O. The highest BCUT2D eigenvalue weighted by Gasteiger charge is 2.30. The van der Waals surface area contributed by atoms with Crippen molar-refractivity contribution < 1.29 is 22.7 Å². The number of aromatic nitrogens is 1. The van der Waals surface area contributed by atoms with Gasteiger partial charge in [-0.05, 0) is 63.9 Å². The predicted molar refractivity (Wildman–Crippen MR) is 105 cm³/mol. The molecule has 0 aliphatic rings. The van der Waals surface area contributed by atoms with Crippen LogP contribution >= 0.6 is 0 Å². The molecule has 0 spiro atoms. The maximum absolute atomic E-state index is 12.8. The normalized spacial score (nSPS) is 12.2. The molecule has 29 heavy (non-hydrogen) atoms. The van der Waals surface area contributed by atoms with Gasteiger partial charge in [0, 0.05) is 17.8 Å². The largest absolute Gasteiger partial charge is 0.444 e. The van der Waals surface area contributed by atoms with E-state index in [4.69, 9.17) is 4.74 Å². The Morgan fingerprint density at radius 3 is 2.17 bits per heavy atom. The number of alkyl carbamates (subject to hydrolysis) is 1. The van der Waals surface area contributed by atoms with E-state index in [-0.39, 0.29) is 18.1 Å². The quantitative estimate of drug-likeness (QED) is 0.759. The van der Waals surface area contributed by atoms with Crippen LogP contribution in [-0.4, -0.2) is 16.3 Å². The number of nitrogens with zero attached hydrogens (tertiary/aromatic N) is 1. The third-order valence-electron chi connectivity index (χ3n) is 4.04. The number of rotatable bonds is 4. The molecule has 0 saturated carbocycles. The van der Waals surface area contributed by atoms with E-state index in [2.05, 4.69) is 5.32 Å². The van der Waals surface area contributed by atoms with E-state index in [0.717, 1.165) is 12.1 Å². The summed E-state index contributed by atoms with van der Waals surface area (Å²) in [6.07, 6.45) is -3.47. The van der Waals surface area contributed by atoms with Crippen LogP contribution < -0.4 is 10.9 Å². The summed E-state index contributed by atoms with van der Waals surface area (Å²) in [5.74, 6) is 0. The van der Waals surface area contributed by atoms with Gasteiger partial charge in [0.2, 0.25) is 0 Å². The third kappa shape index (κ3) is 6.10. The molecule has 0 bridgehead atoms. The van der Waals surface area contributed by atoms with Gasteiger partial charge in [-0.15, -0.1) is 0 Å². The molecule has 2 aromatic rings. The molecule has 0 fully saturated rings. The Kier molecular flexibility index (Phi) is 6.45. The Balaban J connectivity index is 2.37. The maximum atomic E-state index is 12.8. The Labute approximate surface area is 167 Å². The summed E-state index contributed by atoms with van der Waals surface area (Å²) in [6.45, 7) is 8.76. The van der Waals surface area contributed by atoms with Gasteiger partial charge < -0.3 is 14.6 Å². The van der Waals surface area contributed by atoms with E-state index < -0.39 is 23.4 Å². The molecule has 158 valence electrons. The minimum atomic E-state index is -4.42. The van der Waals surface area contributed by atoms with Crippen LogP contribution in [0.5, 0.6) is 0 Å². The molecule has 5 nitrogen and oxygen atoms in total. The maximum Gasteiger partial charge on any atom is 0.416 e. The average molecular weight is 410 g/mol. The fourth-order valence-electron chi connectivity index (χ4n) is 2.66. The second-order valence-corrected chi connectivity index (χ2v) is 7.99. The van der Waals surface area contributed by atoms with E-state index in [0.29, 0.717) is 16.7 Å². The molecule has 1 amide bonds. The molecule has 1 N–H and O–H groups in total. The van der Waals surface area contributed by atoms with Crippen LogP contribution in [0.25, 0.3) is 11.1 Å². The first-order chi connectivity index (χ1) is 13.3. The van der Waals surface area contributed by atoms with E-state index >= 15 is 0 Å². The van der Waals surface area contributed by atoms with Crippen LogP contribution in [0, 0.1) is 0 Å². The van der Waals surface area contributed by atoms with E-state index in [1.165, 1.54) is 16.7 Å². The number of ether oxygens (including phenoxy) is 1. The highest BCUT2D eigenvalue weighted by Crippen LogP contribution is 2.31. The summed E-state index contributed by atoms with van der Waals surface area (Å²) in [4.78, 5) is 24.6. The molecule has 1 aromatic heterocycles. The van der Waals surface area contributed by atoms with Gasteiger partial charge in [0.15, 0.2) is 0 Å². The average Bonchev–Trinajstić information content (AvgIpc) is 2.58. The number of alkyl halides is 3. The Morgan fingerprint density at radius 1 is 1.10 bits per heavy atom. The lowest BCUT2D eigenvalue weighted by Crippen LogP contribution is -2.34. The number of carbonyl (C=O) groups is 1. The molecule has 0 saturated heterocycles. The van der Waals surface area contributed by atoms with E-state index in [1.54, 1.807) is 33.0 Å². The van der Waals surface area contributed by atoms with Crippen molar-refractivity contribution in [3.05, 3.63) is 58.0 Å². The first kappa shape index (κ1) is 22.5. The van der Waals surface area contributed by atoms with Gasteiger partial charge in [-0.3, -0.25) is 4.79 Å². The topological polar surface area (TPSA) is 60.3 Å². The van der Waals surface area contributed by atoms with Crippen LogP contribution in [0.2, 0.25) is 0 Å². The summed E-state index contributed by atoms with van der Waals surface area (Å²) in [6, 6.07) is 6.12. The second-order valence-electron chi connectivity index (χ2n) is 7.99. The van der Waals surface area contributed by atoms with Crippen LogP contribution in [0.1, 0.15) is 51.8 Å². The van der Waals surface area contributed by atoms with Crippen molar-refractivity contribution in [2.24, 2.45) is 0 Å². The zero-order chi connectivity index (χ0) is 22.0. The third-order valence-corrected chi connectivity index (χ3v) is 4.04. The summed E-state index contributed by atoms with van der Waals surface area (Å²) >= 11 is 0. The van der Waals surface area contributed by atoms with Gasteiger partial charge in [0.05, 0.1) is 12.1 Å². The molecule has 8 heteroatoms. The Hall–Kier alpha value is -2.77. The van der Waals surface area contributed by atoms with Crippen molar-refractivity contribution in [2.75, 3.05) is 0 Å². The van der Waals surface area contributed by atoms with Crippen LogP contribution in [0.4, 0.5) is 18.0 Å².